The van der Waals surface area contributed by atoms with Crippen molar-refractivity contribution in [3.05, 3.63) is 35.4 Å². The van der Waals surface area contributed by atoms with Crippen LogP contribution >= 0.6 is 11.8 Å². The summed E-state index contributed by atoms with van der Waals surface area (Å²) in [6, 6.07) is 5.52. The highest BCUT2D eigenvalue weighted by molar-refractivity contribution is 7.99. The molecule has 0 unspecified atom stereocenters. The van der Waals surface area contributed by atoms with Crippen LogP contribution in [0.5, 0.6) is 0 Å². The summed E-state index contributed by atoms with van der Waals surface area (Å²) in [6.45, 7) is 3.71. The number of nitrogens with zero attached hydrogens (tertiary/aromatic N) is 2. The highest BCUT2D eigenvalue weighted by Gasteiger charge is 2.31. The number of rotatable bonds is 3. The van der Waals surface area contributed by atoms with Gasteiger partial charge in [-0.15, -0.1) is 0 Å². The number of benzene rings is 1. The Labute approximate surface area is 150 Å². The first-order chi connectivity index (χ1) is 11.9. The van der Waals surface area contributed by atoms with Gasteiger partial charge >= 0.3 is 6.18 Å². The van der Waals surface area contributed by atoms with E-state index in [4.69, 9.17) is 0 Å². The average Bonchev–Trinajstić information content (AvgIpc) is 2.62. The van der Waals surface area contributed by atoms with Crippen molar-refractivity contribution in [2.45, 2.75) is 25.6 Å². The van der Waals surface area contributed by atoms with Crippen LogP contribution in [0.15, 0.2) is 24.3 Å². The van der Waals surface area contributed by atoms with Gasteiger partial charge in [0.25, 0.3) is 0 Å². The number of halogens is 3. The molecule has 0 aromatic heterocycles. The molecule has 1 aromatic rings. The number of hydrogen-bond donors (Lipinski definition) is 0. The number of alkyl halides is 3. The van der Waals surface area contributed by atoms with Gasteiger partial charge in [0.2, 0.25) is 5.91 Å². The average molecular weight is 372 g/mol. The summed E-state index contributed by atoms with van der Waals surface area (Å²) in [5.74, 6) is 2.36. The topological polar surface area (TPSA) is 23.6 Å². The third-order valence-corrected chi connectivity index (χ3v) is 5.86. The highest BCUT2D eigenvalue weighted by atomic mass is 32.2. The maximum atomic E-state index is 12.8. The fourth-order valence-electron chi connectivity index (χ4n) is 3.48. The molecular formula is C18H23F3N2OS. The number of amides is 1. The number of likely N-dealkylation sites (tertiary alicyclic amines) is 1. The molecule has 0 N–H and O–H groups in total. The quantitative estimate of drug-likeness (QED) is 0.812. The molecule has 2 aliphatic heterocycles. The molecule has 0 radical (unpaired) electrons. The summed E-state index contributed by atoms with van der Waals surface area (Å²) in [7, 11) is 0. The summed E-state index contributed by atoms with van der Waals surface area (Å²) in [4.78, 5) is 16.7. The number of carbonyl (C=O) groups is 1. The van der Waals surface area contributed by atoms with Gasteiger partial charge in [-0.05, 0) is 37.6 Å². The zero-order valence-electron chi connectivity index (χ0n) is 14.1. The van der Waals surface area contributed by atoms with E-state index >= 15 is 0 Å². The fourth-order valence-corrected chi connectivity index (χ4v) is 4.39. The van der Waals surface area contributed by atoms with Gasteiger partial charge in [0.1, 0.15) is 0 Å². The van der Waals surface area contributed by atoms with Crippen molar-refractivity contribution in [2.75, 3.05) is 37.7 Å². The van der Waals surface area contributed by atoms with Gasteiger partial charge in [0.05, 0.1) is 5.56 Å². The van der Waals surface area contributed by atoms with Crippen molar-refractivity contribution in [1.29, 1.82) is 0 Å². The number of piperidine rings is 1. The number of hydrogen-bond acceptors (Lipinski definition) is 3. The zero-order chi connectivity index (χ0) is 17.9. The molecule has 25 heavy (non-hydrogen) atoms. The summed E-state index contributed by atoms with van der Waals surface area (Å²) in [5.41, 5.74) is 0.0747. The predicted molar refractivity (Wildman–Crippen MR) is 93.4 cm³/mol. The van der Waals surface area contributed by atoms with Crippen LogP contribution in [0.2, 0.25) is 0 Å². The molecule has 3 nitrogen and oxygen atoms in total. The minimum Gasteiger partial charge on any atom is -0.341 e. The van der Waals surface area contributed by atoms with Crippen LogP contribution in [0.4, 0.5) is 13.2 Å². The van der Waals surface area contributed by atoms with Crippen molar-refractivity contribution in [1.82, 2.24) is 9.80 Å². The van der Waals surface area contributed by atoms with E-state index in [1.54, 1.807) is 6.07 Å². The summed E-state index contributed by atoms with van der Waals surface area (Å²) in [6.07, 6.45) is -2.72. The lowest BCUT2D eigenvalue weighted by atomic mass is 9.94. The summed E-state index contributed by atoms with van der Waals surface area (Å²) in [5, 5.41) is 0. The Bertz CT molecular complexity index is 594. The third kappa shape index (κ3) is 4.91. The molecule has 2 aliphatic rings. The normalized spacial score (nSPS) is 20.7. The van der Waals surface area contributed by atoms with Crippen LogP contribution < -0.4 is 0 Å². The van der Waals surface area contributed by atoms with Gasteiger partial charge in [0.15, 0.2) is 0 Å². The standard InChI is InChI=1S/C18H23F3N2OS/c19-18(20,21)16-3-1-2-14(12-16)13-22-6-4-15(5-7-22)17(24)23-8-10-25-11-9-23/h1-3,12,15H,4-11,13H2. The molecule has 1 aromatic carbocycles. The summed E-state index contributed by atoms with van der Waals surface area (Å²) < 4.78 is 38.4. The lowest BCUT2D eigenvalue weighted by Crippen LogP contribution is -2.45. The van der Waals surface area contributed by atoms with Crippen LogP contribution in [0.1, 0.15) is 24.0 Å². The molecule has 0 spiro atoms. The van der Waals surface area contributed by atoms with E-state index in [0.29, 0.717) is 12.1 Å². The molecule has 0 bridgehead atoms. The Kier molecular flexibility index (Phi) is 5.94. The van der Waals surface area contributed by atoms with E-state index in [-0.39, 0.29) is 11.8 Å². The maximum absolute atomic E-state index is 12.8. The van der Waals surface area contributed by atoms with E-state index < -0.39 is 11.7 Å². The molecule has 2 saturated heterocycles. The van der Waals surface area contributed by atoms with E-state index in [1.807, 2.05) is 16.7 Å². The molecule has 2 fully saturated rings. The molecule has 0 saturated carbocycles. The molecule has 2 heterocycles. The first kappa shape index (κ1) is 18.6. The first-order valence-electron chi connectivity index (χ1n) is 8.68. The van der Waals surface area contributed by atoms with Crippen molar-refractivity contribution in [3.8, 4) is 0 Å². The van der Waals surface area contributed by atoms with E-state index in [2.05, 4.69) is 4.90 Å². The van der Waals surface area contributed by atoms with E-state index in [0.717, 1.165) is 56.6 Å². The Balaban J connectivity index is 1.52. The minimum absolute atomic E-state index is 0.0702. The van der Waals surface area contributed by atoms with E-state index in [9.17, 15) is 18.0 Å². The van der Waals surface area contributed by atoms with Crippen molar-refractivity contribution < 1.29 is 18.0 Å². The minimum atomic E-state index is -4.30. The van der Waals surface area contributed by atoms with Crippen molar-refractivity contribution >= 4 is 17.7 Å². The van der Waals surface area contributed by atoms with Gasteiger partial charge in [-0.2, -0.15) is 24.9 Å². The van der Waals surface area contributed by atoms with E-state index in [1.165, 1.54) is 12.1 Å². The Morgan fingerprint density at radius 2 is 1.80 bits per heavy atom. The third-order valence-electron chi connectivity index (χ3n) is 4.92. The lowest BCUT2D eigenvalue weighted by molar-refractivity contribution is -0.138. The first-order valence-corrected chi connectivity index (χ1v) is 9.84. The second-order valence-electron chi connectivity index (χ2n) is 6.69. The Morgan fingerprint density at radius 3 is 2.44 bits per heavy atom. The number of carbonyl (C=O) groups excluding carboxylic acids is 1. The van der Waals surface area contributed by atoms with Crippen LogP contribution in [0, 0.1) is 5.92 Å². The fraction of sp³-hybridized carbons (Fsp3) is 0.611. The second kappa shape index (κ2) is 7.99. The lowest BCUT2D eigenvalue weighted by Gasteiger charge is -2.35. The number of thioether (sulfide) groups is 1. The largest absolute Gasteiger partial charge is 0.416 e. The molecule has 3 rings (SSSR count). The predicted octanol–water partition coefficient (Wildman–Crippen LogP) is 3.49. The van der Waals surface area contributed by atoms with Gasteiger partial charge in [-0.25, -0.2) is 0 Å². The monoisotopic (exact) mass is 372 g/mol. The molecule has 0 aliphatic carbocycles. The van der Waals surface area contributed by atoms with Crippen LogP contribution in [-0.4, -0.2) is 53.4 Å². The zero-order valence-corrected chi connectivity index (χ0v) is 14.9. The highest BCUT2D eigenvalue weighted by Crippen LogP contribution is 2.30. The summed E-state index contributed by atoms with van der Waals surface area (Å²) >= 11 is 1.88. The maximum Gasteiger partial charge on any atom is 0.416 e. The molecule has 0 atom stereocenters. The van der Waals surface area contributed by atoms with Gasteiger partial charge in [0, 0.05) is 37.1 Å². The van der Waals surface area contributed by atoms with Crippen molar-refractivity contribution in [3.63, 3.8) is 0 Å². The van der Waals surface area contributed by atoms with Crippen LogP contribution in [0.3, 0.4) is 0 Å². The Hall–Kier alpha value is -1.21. The van der Waals surface area contributed by atoms with Gasteiger partial charge < -0.3 is 4.90 Å². The molecular weight excluding hydrogens is 349 g/mol. The molecule has 1 amide bonds. The molecule has 7 heteroatoms. The van der Waals surface area contributed by atoms with Crippen LogP contribution in [-0.2, 0) is 17.5 Å². The smallest absolute Gasteiger partial charge is 0.341 e. The SMILES string of the molecule is O=C(C1CCN(Cc2cccc(C(F)(F)F)c2)CC1)N1CCSCC1. The second-order valence-corrected chi connectivity index (χ2v) is 7.91. The Morgan fingerprint density at radius 1 is 1.12 bits per heavy atom. The van der Waals surface area contributed by atoms with Gasteiger partial charge in [-0.1, -0.05) is 18.2 Å². The van der Waals surface area contributed by atoms with Gasteiger partial charge in [-0.3, -0.25) is 9.69 Å². The van der Waals surface area contributed by atoms with Crippen molar-refractivity contribution in [2.24, 2.45) is 5.92 Å². The molecule has 138 valence electrons. The van der Waals surface area contributed by atoms with Crippen LogP contribution in [0.25, 0.3) is 0 Å².